The number of hydrogen-bond donors (Lipinski definition) is 1. The molecule has 2 heterocycles. The molecule has 0 amide bonds. The quantitative estimate of drug-likeness (QED) is 0.353. The molecule has 0 bridgehead atoms. The minimum absolute atomic E-state index is 0.0460. The molecule has 4 aromatic rings. The fourth-order valence-corrected chi connectivity index (χ4v) is 6.00. The lowest BCUT2D eigenvalue weighted by Crippen LogP contribution is -2.52. The predicted octanol–water partition coefficient (Wildman–Crippen LogP) is 5.54. The van der Waals surface area contributed by atoms with E-state index in [9.17, 15) is 8.42 Å². The van der Waals surface area contributed by atoms with Gasteiger partial charge in [-0.05, 0) is 53.4 Å². The van der Waals surface area contributed by atoms with E-state index in [1.807, 2.05) is 60.7 Å². The maximum absolute atomic E-state index is 13.0. The number of hydrogen-bond acceptors (Lipinski definition) is 4. The first-order chi connectivity index (χ1) is 16.4. The van der Waals surface area contributed by atoms with Crippen molar-refractivity contribution >= 4 is 44.1 Å². The van der Waals surface area contributed by atoms with Gasteiger partial charge in [0.15, 0.2) is 0 Å². The first-order valence-corrected chi connectivity index (χ1v) is 13.2. The molecule has 3 aromatic carbocycles. The molecule has 0 saturated carbocycles. The zero-order valence-corrected chi connectivity index (χ0v) is 20.6. The first kappa shape index (κ1) is 23.3. The number of nitrogens with zero attached hydrogens (tertiary/aromatic N) is 2. The lowest BCUT2D eigenvalue weighted by molar-refractivity contribution is 0.0715. The third-order valence-corrected chi connectivity index (χ3v) is 8.13. The van der Waals surface area contributed by atoms with Crippen LogP contribution in [0.1, 0.15) is 17.2 Å². The van der Waals surface area contributed by atoms with Crippen LogP contribution in [0, 0.1) is 5.92 Å². The van der Waals surface area contributed by atoms with E-state index >= 15 is 0 Å². The van der Waals surface area contributed by atoms with Gasteiger partial charge in [0.05, 0.1) is 11.6 Å². The molecular formula is C26H23Cl2N3O2S. The zero-order chi connectivity index (χ0) is 23.7. The molecule has 5 nitrogen and oxygen atoms in total. The highest BCUT2D eigenvalue weighted by molar-refractivity contribution is 7.89. The summed E-state index contributed by atoms with van der Waals surface area (Å²) >= 11 is 12.2. The Bertz CT molecular complexity index is 1350. The van der Waals surface area contributed by atoms with E-state index in [1.165, 1.54) is 0 Å². The Balaban J connectivity index is 1.29. The van der Waals surface area contributed by atoms with Crippen LogP contribution >= 0.6 is 23.2 Å². The van der Waals surface area contributed by atoms with Crippen LogP contribution in [-0.4, -0.2) is 37.9 Å². The van der Waals surface area contributed by atoms with E-state index in [0.717, 1.165) is 29.6 Å². The van der Waals surface area contributed by atoms with Crippen molar-refractivity contribution in [2.45, 2.75) is 10.9 Å². The van der Waals surface area contributed by atoms with Gasteiger partial charge in [0.2, 0.25) is 10.0 Å². The molecule has 1 N–H and O–H groups in total. The fourth-order valence-electron chi connectivity index (χ4n) is 4.45. The van der Waals surface area contributed by atoms with Crippen molar-refractivity contribution in [2.75, 3.05) is 19.6 Å². The average molecular weight is 512 g/mol. The van der Waals surface area contributed by atoms with E-state index in [2.05, 4.69) is 14.6 Å². The predicted molar refractivity (Wildman–Crippen MR) is 137 cm³/mol. The van der Waals surface area contributed by atoms with Crippen LogP contribution in [0.4, 0.5) is 0 Å². The van der Waals surface area contributed by atoms with Gasteiger partial charge in [-0.3, -0.25) is 9.88 Å². The van der Waals surface area contributed by atoms with Crippen LogP contribution in [0.2, 0.25) is 10.0 Å². The van der Waals surface area contributed by atoms with Crippen molar-refractivity contribution in [3.8, 4) is 0 Å². The Hall–Kier alpha value is -2.48. The summed E-state index contributed by atoms with van der Waals surface area (Å²) < 4.78 is 28.8. The van der Waals surface area contributed by atoms with Gasteiger partial charge in [0.25, 0.3) is 0 Å². The van der Waals surface area contributed by atoms with Crippen molar-refractivity contribution in [1.82, 2.24) is 14.6 Å². The molecule has 34 heavy (non-hydrogen) atoms. The Morgan fingerprint density at radius 2 is 1.47 bits per heavy atom. The van der Waals surface area contributed by atoms with Crippen LogP contribution in [-0.2, 0) is 10.0 Å². The van der Waals surface area contributed by atoms with Crippen LogP contribution in [0.3, 0.4) is 0 Å². The highest BCUT2D eigenvalue weighted by Crippen LogP contribution is 2.35. The van der Waals surface area contributed by atoms with Crippen LogP contribution in [0.5, 0.6) is 0 Å². The molecule has 0 spiro atoms. The molecule has 0 radical (unpaired) electrons. The topological polar surface area (TPSA) is 62.3 Å². The van der Waals surface area contributed by atoms with Gasteiger partial charge in [0.1, 0.15) is 4.90 Å². The normalized spacial score (nSPS) is 15.0. The van der Waals surface area contributed by atoms with Gasteiger partial charge in [0, 0.05) is 41.3 Å². The summed E-state index contributed by atoms with van der Waals surface area (Å²) in [5.74, 6) is 0.208. The van der Waals surface area contributed by atoms with E-state index in [4.69, 9.17) is 23.2 Å². The molecule has 1 aliphatic heterocycles. The maximum atomic E-state index is 13.0. The van der Waals surface area contributed by atoms with Gasteiger partial charge < -0.3 is 0 Å². The van der Waals surface area contributed by atoms with Gasteiger partial charge >= 0.3 is 0 Å². The van der Waals surface area contributed by atoms with E-state index in [0.29, 0.717) is 22.1 Å². The summed E-state index contributed by atoms with van der Waals surface area (Å²) in [6.45, 7) is 1.91. The molecule has 5 rings (SSSR count). The number of pyridine rings is 1. The number of likely N-dealkylation sites (tertiary alicyclic amines) is 1. The minimum Gasteiger partial charge on any atom is -0.292 e. The Labute approximate surface area is 209 Å². The number of rotatable bonds is 7. The summed E-state index contributed by atoms with van der Waals surface area (Å²) in [7, 11) is -3.67. The number of aromatic nitrogens is 1. The standard InChI is InChI=1S/C26H23Cl2N3O2S/c27-22-10-6-20(7-11-22)26(21-8-12-23(28)13-9-21)31-16-18(17-31)15-30-34(32,33)24-5-1-3-19-4-2-14-29-25(19)24/h1-14,18,26,30H,15-17H2. The Morgan fingerprint density at radius 3 is 2.09 bits per heavy atom. The van der Waals surface area contributed by atoms with Crippen molar-refractivity contribution in [2.24, 2.45) is 5.92 Å². The van der Waals surface area contributed by atoms with Gasteiger partial charge in [-0.2, -0.15) is 0 Å². The zero-order valence-electron chi connectivity index (χ0n) is 18.2. The van der Waals surface area contributed by atoms with E-state index in [-0.39, 0.29) is 16.9 Å². The van der Waals surface area contributed by atoms with Gasteiger partial charge in [-0.15, -0.1) is 0 Å². The number of sulfonamides is 1. The molecule has 1 aromatic heterocycles. The molecule has 0 unspecified atom stereocenters. The summed E-state index contributed by atoms with van der Waals surface area (Å²) in [5, 5.41) is 2.18. The number of fused-ring (bicyclic) bond motifs is 1. The molecule has 174 valence electrons. The molecule has 1 fully saturated rings. The number of nitrogens with one attached hydrogen (secondary N) is 1. The van der Waals surface area contributed by atoms with Crippen molar-refractivity contribution in [1.29, 1.82) is 0 Å². The summed E-state index contributed by atoms with van der Waals surface area (Å²) in [6.07, 6.45) is 1.61. The third kappa shape index (κ3) is 4.83. The monoisotopic (exact) mass is 511 g/mol. The van der Waals surface area contributed by atoms with Crippen LogP contribution in [0.25, 0.3) is 10.9 Å². The number of halogens is 2. The second-order valence-corrected chi connectivity index (χ2v) is 11.1. The summed E-state index contributed by atoms with van der Waals surface area (Å²) in [4.78, 5) is 6.83. The smallest absolute Gasteiger partial charge is 0.242 e. The lowest BCUT2D eigenvalue weighted by Gasteiger charge is -2.45. The Kier molecular flexibility index (Phi) is 6.60. The second kappa shape index (κ2) is 9.64. The van der Waals surface area contributed by atoms with Gasteiger partial charge in [-0.25, -0.2) is 13.1 Å². The Morgan fingerprint density at radius 1 is 0.882 bits per heavy atom. The molecular weight excluding hydrogens is 489 g/mol. The summed E-state index contributed by atoms with van der Waals surface area (Å²) in [5.41, 5.74) is 2.75. The number of benzene rings is 3. The van der Waals surface area contributed by atoms with Crippen LogP contribution in [0.15, 0.2) is 90.0 Å². The molecule has 0 atom stereocenters. The molecule has 1 aliphatic rings. The van der Waals surface area contributed by atoms with Crippen molar-refractivity contribution in [3.63, 3.8) is 0 Å². The maximum Gasteiger partial charge on any atom is 0.242 e. The van der Waals surface area contributed by atoms with Crippen molar-refractivity contribution in [3.05, 3.63) is 106 Å². The van der Waals surface area contributed by atoms with E-state index < -0.39 is 10.0 Å². The average Bonchev–Trinajstić information content (AvgIpc) is 2.81. The van der Waals surface area contributed by atoms with Crippen molar-refractivity contribution < 1.29 is 8.42 Å². The van der Waals surface area contributed by atoms with Crippen LogP contribution < -0.4 is 4.72 Å². The SMILES string of the molecule is O=S(=O)(NCC1CN(C(c2ccc(Cl)cc2)c2ccc(Cl)cc2)C1)c1cccc2cccnc12. The van der Waals surface area contributed by atoms with E-state index in [1.54, 1.807) is 24.4 Å². The molecule has 0 aliphatic carbocycles. The summed E-state index contributed by atoms with van der Waals surface area (Å²) in [6, 6.07) is 24.6. The highest BCUT2D eigenvalue weighted by Gasteiger charge is 2.35. The third-order valence-electron chi connectivity index (χ3n) is 6.17. The lowest BCUT2D eigenvalue weighted by atomic mass is 9.90. The molecule has 8 heteroatoms. The fraction of sp³-hybridized carbons (Fsp3) is 0.192. The molecule has 1 saturated heterocycles. The second-order valence-electron chi connectivity index (χ2n) is 8.51. The minimum atomic E-state index is -3.67. The number of para-hydroxylation sites is 1. The first-order valence-electron chi connectivity index (χ1n) is 11.0. The largest absolute Gasteiger partial charge is 0.292 e. The van der Waals surface area contributed by atoms with Gasteiger partial charge in [-0.1, -0.05) is 65.7 Å². The highest BCUT2D eigenvalue weighted by atomic mass is 35.5.